The molecular weight excluding hydrogens is 237 g/mol. The molecule has 2 N–H and O–H groups in total. The van der Waals surface area contributed by atoms with E-state index >= 15 is 0 Å². The van der Waals surface area contributed by atoms with Gasteiger partial charge in [-0.1, -0.05) is 22.0 Å². The first-order valence-electron chi connectivity index (χ1n) is 3.97. The predicted molar refractivity (Wildman–Crippen MR) is 53.4 cm³/mol. The molecule has 0 aliphatic rings. The van der Waals surface area contributed by atoms with Crippen molar-refractivity contribution < 1.29 is 9.13 Å². The van der Waals surface area contributed by atoms with Crippen LogP contribution >= 0.6 is 15.9 Å². The minimum atomic E-state index is -0.380. The zero-order chi connectivity index (χ0) is 9.84. The van der Waals surface area contributed by atoms with E-state index in [1.807, 2.05) is 6.92 Å². The fourth-order valence-corrected chi connectivity index (χ4v) is 1.25. The van der Waals surface area contributed by atoms with E-state index < -0.39 is 0 Å². The highest BCUT2D eigenvalue weighted by Crippen LogP contribution is 2.23. The molecule has 1 unspecified atom stereocenters. The molecule has 0 aliphatic carbocycles. The highest BCUT2D eigenvalue weighted by Gasteiger charge is 2.06. The molecule has 1 aromatic carbocycles. The van der Waals surface area contributed by atoms with Crippen LogP contribution in [0.4, 0.5) is 4.39 Å². The predicted octanol–water partition coefficient (Wildman–Crippen LogP) is 2.58. The van der Waals surface area contributed by atoms with Crippen molar-refractivity contribution in [2.75, 3.05) is 6.61 Å². The third-order valence-corrected chi connectivity index (χ3v) is 2.10. The van der Waals surface area contributed by atoms with Crippen molar-refractivity contribution in [3.05, 3.63) is 29.6 Å². The van der Waals surface area contributed by atoms with Crippen LogP contribution in [-0.4, -0.2) is 6.61 Å². The van der Waals surface area contributed by atoms with Gasteiger partial charge in [-0.05, 0) is 24.6 Å². The minimum Gasteiger partial charge on any atom is -0.491 e. The molecule has 0 fully saturated rings. The van der Waals surface area contributed by atoms with E-state index in [4.69, 9.17) is 10.5 Å². The van der Waals surface area contributed by atoms with Crippen molar-refractivity contribution >= 4 is 15.9 Å². The average Bonchev–Trinajstić information content (AvgIpc) is 2.08. The van der Waals surface area contributed by atoms with Gasteiger partial charge < -0.3 is 10.5 Å². The minimum absolute atomic E-state index is 0.263. The standard InChI is InChI=1S/C9H11BrFNO/c1-2-13-8-4-3-6(9(10)12)5-7(8)11/h3-5,9H,2,12H2,1H3. The van der Waals surface area contributed by atoms with Crippen molar-refractivity contribution in [2.24, 2.45) is 5.73 Å². The lowest BCUT2D eigenvalue weighted by molar-refractivity contribution is 0.321. The van der Waals surface area contributed by atoms with Crippen LogP contribution in [0, 0.1) is 5.82 Å². The molecule has 0 saturated carbocycles. The van der Waals surface area contributed by atoms with Crippen molar-refractivity contribution in [1.82, 2.24) is 0 Å². The fraction of sp³-hybridized carbons (Fsp3) is 0.333. The lowest BCUT2D eigenvalue weighted by Gasteiger charge is -2.07. The highest BCUT2D eigenvalue weighted by molar-refractivity contribution is 9.09. The second-order valence-electron chi connectivity index (χ2n) is 2.52. The number of halogens is 2. The maximum Gasteiger partial charge on any atom is 0.165 e. The molecule has 0 aromatic heterocycles. The fourth-order valence-electron chi connectivity index (χ4n) is 0.961. The molecule has 1 rings (SSSR count). The van der Waals surface area contributed by atoms with Gasteiger partial charge >= 0.3 is 0 Å². The SMILES string of the molecule is CCOc1ccc(C(N)Br)cc1F. The Labute approximate surface area is 85.0 Å². The number of hydrogen-bond donors (Lipinski definition) is 1. The van der Waals surface area contributed by atoms with Gasteiger partial charge in [0.25, 0.3) is 0 Å². The molecule has 0 saturated heterocycles. The van der Waals surface area contributed by atoms with Crippen LogP contribution in [-0.2, 0) is 0 Å². The molecular formula is C9H11BrFNO. The summed E-state index contributed by atoms with van der Waals surface area (Å²) < 4.78 is 18.2. The van der Waals surface area contributed by atoms with Gasteiger partial charge in [0.15, 0.2) is 11.6 Å². The topological polar surface area (TPSA) is 35.2 Å². The molecule has 0 bridgehead atoms. The lowest BCUT2D eigenvalue weighted by atomic mass is 10.2. The second-order valence-corrected chi connectivity index (χ2v) is 3.51. The van der Waals surface area contributed by atoms with Crippen LogP contribution in [0.5, 0.6) is 5.75 Å². The first-order chi connectivity index (χ1) is 6.15. The van der Waals surface area contributed by atoms with E-state index in [0.717, 1.165) is 0 Å². The average molecular weight is 248 g/mol. The monoisotopic (exact) mass is 247 g/mol. The Balaban J connectivity index is 2.92. The highest BCUT2D eigenvalue weighted by atomic mass is 79.9. The molecule has 1 aromatic rings. The zero-order valence-electron chi connectivity index (χ0n) is 7.26. The van der Waals surface area contributed by atoms with Gasteiger partial charge in [0.05, 0.1) is 11.6 Å². The van der Waals surface area contributed by atoms with Crippen molar-refractivity contribution in [1.29, 1.82) is 0 Å². The van der Waals surface area contributed by atoms with E-state index in [0.29, 0.717) is 12.2 Å². The quantitative estimate of drug-likeness (QED) is 0.659. The first-order valence-corrected chi connectivity index (χ1v) is 4.88. The summed E-state index contributed by atoms with van der Waals surface area (Å²) in [6, 6.07) is 4.67. The molecule has 1 atom stereocenters. The van der Waals surface area contributed by atoms with E-state index in [1.165, 1.54) is 6.07 Å². The van der Waals surface area contributed by atoms with Gasteiger partial charge in [0.1, 0.15) is 0 Å². The summed E-state index contributed by atoms with van der Waals surface area (Å²) in [7, 11) is 0. The van der Waals surface area contributed by atoms with Crippen LogP contribution in [0.25, 0.3) is 0 Å². The van der Waals surface area contributed by atoms with Crippen LogP contribution < -0.4 is 10.5 Å². The third-order valence-electron chi connectivity index (χ3n) is 1.57. The van der Waals surface area contributed by atoms with Crippen molar-refractivity contribution in [3.63, 3.8) is 0 Å². The van der Waals surface area contributed by atoms with Crippen LogP contribution in [0.2, 0.25) is 0 Å². The van der Waals surface area contributed by atoms with Crippen LogP contribution in [0.3, 0.4) is 0 Å². The molecule has 0 amide bonds. The summed E-state index contributed by atoms with van der Waals surface area (Å²) in [5.41, 5.74) is 6.21. The van der Waals surface area contributed by atoms with Gasteiger partial charge in [-0.2, -0.15) is 0 Å². The number of ether oxygens (including phenoxy) is 1. The van der Waals surface area contributed by atoms with E-state index in [1.54, 1.807) is 12.1 Å². The van der Waals surface area contributed by atoms with E-state index in [2.05, 4.69) is 15.9 Å². The number of alkyl halides is 1. The Kier molecular flexibility index (Phi) is 3.69. The zero-order valence-corrected chi connectivity index (χ0v) is 8.84. The summed E-state index contributed by atoms with van der Waals surface area (Å²) in [6.07, 6.45) is 0. The number of hydrogen-bond acceptors (Lipinski definition) is 2. The van der Waals surface area contributed by atoms with Crippen LogP contribution in [0.15, 0.2) is 18.2 Å². The molecule has 2 nitrogen and oxygen atoms in total. The molecule has 0 radical (unpaired) electrons. The molecule has 72 valence electrons. The van der Waals surface area contributed by atoms with Gasteiger partial charge in [0.2, 0.25) is 0 Å². The normalized spacial score (nSPS) is 12.6. The Morgan fingerprint density at radius 2 is 2.31 bits per heavy atom. The van der Waals surface area contributed by atoms with Crippen LogP contribution in [0.1, 0.15) is 17.4 Å². The second kappa shape index (κ2) is 4.58. The summed E-state index contributed by atoms with van der Waals surface area (Å²) >= 11 is 3.15. The number of rotatable bonds is 3. The third kappa shape index (κ3) is 2.67. The van der Waals surface area contributed by atoms with Gasteiger partial charge in [0, 0.05) is 0 Å². The molecule has 0 aliphatic heterocycles. The Bertz CT molecular complexity index is 291. The van der Waals surface area contributed by atoms with Gasteiger partial charge in [-0.25, -0.2) is 4.39 Å². The van der Waals surface area contributed by atoms with Gasteiger partial charge in [-0.3, -0.25) is 0 Å². The van der Waals surface area contributed by atoms with E-state index in [-0.39, 0.29) is 16.5 Å². The summed E-state index contributed by atoms with van der Waals surface area (Å²) in [6.45, 7) is 2.26. The maximum absolute atomic E-state index is 13.2. The smallest absolute Gasteiger partial charge is 0.165 e. The molecule has 0 heterocycles. The summed E-state index contributed by atoms with van der Waals surface area (Å²) in [5.74, 6) is -0.117. The molecule has 4 heteroatoms. The summed E-state index contributed by atoms with van der Waals surface area (Å²) in [5, 5.41) is 0. The Hall–Kier alpha value is -0.610. The molecule has 0 spiro atoms. The number of benzene rings is 1. The largest absolute Gasteiger partial charge is 0.491 e. The van der Waals surface area contributed by atoms with Crippen molar-refractivity contribution in [3.8, 4) is 5.75 Å². The molecule has 13 heavy (non-hydrogen) atoms. The Morgan fingerprint density at radius 1 is 1.62 bits per heavy atom. The van der Waals surface area contributed by atoms with Crippen molar-refractivity contribution in [2.45, 2.75) is 11.9 Å². The maximum atomic E-state index is 13.2. The summed E-state index contributed by atoms with van der Waals surface area (Å²) in [4.78, 5) is -0.335. The number of nitrogens with two attached hydrogens (primary N) is 1. The van der Waals surface area contributed by atoms with E-state index in [9.17, 15) is 4.39 Å². The first kappa shape index (κ1) is 10.5. The Morgan fingerprint density at radius 3 is 2.77 bits per heavy atom. The van der Waals surface area contributed by atoms with Gasteiger partial charge in [-0.15, -0.1) is 0 Å². The lowest BCUT2D eigenvalue weighted by Crippen LogP contribution is -2.02.